The van der Waals surface area contributed by atoms with Gasteiger partial charge in [-0.2, -0.15) is 0 Å². The molecule has 0 aliphatic heterocycles. The van der Waals surface area contributed by atoms with Crippen LogP contribution in [0.4, 0.5) is 0 Å². The first-order valence-corrected chi connectivity index (χ1v) is 8.55. The lowest BCUT2D eigenvalue weighted by atomic mass is 10.4. The van der Waals surface area contributed by atoms with Crippen molar-refractivity contribution in [2.75, 3.05) is 99.6 Å². The van der Waals surface area contributed by atoms with Gasteiger partial charge in [0.25, 0.3) is 0 Å². The highest BCUT2D eigenvalue weighted by atomic mass is 16.6. The highest BCUT2D eigenvalue weighted by molar-refractivity contribution is 4.48. The summed E-state index contributed by atoms with van der Waals surface area (Å²) in [6.07, 6.45) is -0.831. The summed E-state index contributed by atoms with van der Waals surface area (Å²) in [5, 5.41) is 17.6. The van der Waals surface area contributed by atoms with E-state index in [-0.39, 0.29) is 13.2 Å². The third kappa shape index (κ3) is 21.6. The quantitative estimate of drug-likeness (QED) is 0.248. The smallest absolute Gasteiger partial charge is 0.100 e. The van der Waals surface area contributed by atoms with Crippen molar-refractivity contribution >= 4 is 0 Å². The average molecular weight is 370 g/mol. The second kappa shape index (κ2) is 21.7. The maximum absolute atomic E-state index is 9.04. The SMILES string of the molecule is COCCOCCOCCOCCOCCOCCOCC(O)CO. The van der Waals surface area contributed by atoms with Gasteiger partial charge in [-0.15, -0.1) is 0 Å². The topological polar surface area (TPSA) is 105 Å². The number of rotatable bonds is 21. The van der Waals surface area contributed by atoms with E-state index in [4.69, 9.17) is 43.4 Å². The van der Waals surface area contributed by atoms with E-state index in [2.05, 4.69) is 0 Å². The molecule has 0 saturated carbocycles. The van der Waals surface area contributed by atoms with Gasteiger partial charge in [0.15, 0.2) is 0 Å². The van der Waals surface area contributed by atoms with Crippen LogP contribution in [0.15, 0.2) is 0 Å². The standard InChI is InChI=1S/C16H34O9/c1-19-2-3-20-4-5-21-6-7-22-8-9-23-10-11-24-12-13-25-15-16(18)14-17/h16-18H,2-15H2,1H3. The van der Waals surface area contributed by atoms with Crippen molar-refractivity contribution in [3.63, 3.8) is 0 Å². The Hall–Kier alpha value is -0.360. The summed E-state index contributed by atoms with van der Waals surface area (Å²) >= 11 is 0. The lowest BCUT2D eigenvalue weighted by Gasteiger charge is -2.09. The summed E-state index contributed by atoms with van der Waals surface area (Å²) in [5.74, 6) is 0. The van der Waals surface area contributed by atoms with Crippen molar-refractivity contribution < 1.29 is 43.4 Å². The maximum Gasteiger partial charge on any atom is 0.100 e. The maximum atomic E-state index is 9.04. The van der Waals surface area contributed by atoms with E-state index in [9.17, 15) is 0 Å². The fraction of sp³-hybridized carbons (Fsp3) is 1.00. The van der Waals surface area contributed by atoms with Gasteiger partial charge in [-0.3, -0.25) is 0 Å². The first kappa shape index (κ1) is 24.6. The van der Waals surface area contributed by atoms with Gasteiger partial charge in [0, 0.05) is 7.11 Å². The van der Waals surface area contributed by atoms with E-state index in [1.165, 1.54) is 0 Å². The molecule has 1 atom stereocenters. The Kier molecular flexibility index (Phi) is 21.4. The van der Waals surface area contributed by atoms with Crippen LogP contribution < -0.4 is 0 Å². The fourth-order valence-electron chi connectivity index (χ4n) is 1.51. The Morgan fingerprint density at radius 3 is 1.20 bits per heavy atom. The normalized spacial score (nSPS) is 12.6. The van der Waals surface area contributed by atoms with Crippen LogP contribution >= 0.6 is 0 Å². The zero-order valence-corrected chi connectivity index (χ0v) is 15.2. The Morgan fingerprint density at radius 2 is 0.880 bits per heavy atom. The van der Waals surface area contributed by atoms with Crippen molar-refractivity contribution in [3.05, 3.63) is 0 Å². The van der Waals surface area contributed by atoms with Crippen LogP contribution in [0, 0.1) is 0 Å². The summed E-state index contributed by atoms with van der Waals surface area (Å²) in [5.41, 5.74) is 0. The van der Waals surface area contributed by atoms with Gasteiger partial charge in [0.1, 0.15) is 6.10 Å². The van der Waals surface area contributed by atoms with Crippen LogP contribution in [-0.2, 0) is 33.2 Å². The van der Waals surface area contributed by atoms with E-state index in [0.717, 1.165) is 0 Å². The summed E-state index contributed by atoms with van der Waals surface area (Å²) in [7, 11) is 1.64. The molecule has 0 radical (unpaired) electrons. The Balaban J connectivity index is 2.98. The van der Waals surface area contributed by atoms with E-state index < -0.39 is 6.10 Å². The Labute approximate surface area is 150 Å². The molecule has 0 aliphatic carbocycles. The summed E-state index contributed by atoms with van der Waals surface area (Å²) in [6.45, 7) is 5.90. The fourth-order valence-corrected chi connectivity index (χ4v) is 1.51. The molecule has 0 aliphatic rings. The predicted octanol–water partition coefficient (Wildman–Crippen LogP) is -0.914. The lowest BCUT2D eigenvalue weighted by molar-refractivity contribution is -0.0306. The number of hydrogen-bond donors (Lipinski definition) is 2. The average Bonchev–Trinajstić information content (AvgIpc) is 2.63. The number of methoxy groups -OCH3 is 1. The highest BCUT2D eigenvalue weighted by Crippen LogP contribution is 1.86. The minimum absolute atomic E-state index is 0.109. The van der Waals surface area contributed by atoms with Crippen LogP contribution in [-0.4, -0.2) is 116 Å². The number of aliphatic hydroxyl groups excluding tert-OH is 2. The van der Waals surface area contributed by atoms with Crippen molar-refractivity contribution in [1.82, 2.24) is 0 Å². The minimum atomic E-state index is -0.831. The monoisotopic (exact) mass is 370 g/mol. The summed E-state index contributed by atoms with van der Waals surface area (Å²) in [6, 6.07) is 0. The van der Waals surface area contributed by atoms with Gasteiger partial charge < -0.3 is 43.4 Å². The van der Waals surface area contributed by atoms with E-state index >= 15 is 0 Å². The molecule has 25 heavy (non-hydrogen) atoms. The van der Waals surface area contributed by atoms with E-state index in [1.807, 2.05) is 0 Å². The molecule has 0 bridgehead atoms. The van der Waals surface area contributed by atoms with Gasteiger partial charge in [0.2, 0.25) is 0 Å². The molecule has 0 aromatic heterocycles. The van der Waals surface area contributed by atoms with Crippen LogP contribution in [0.1, 0.15) is 0 Å². The molecular weight excluding hydrogens is 336 g/mol. The van der Waals surface area contributed by atoms with Gasteiger partial charge >= 0.3 is 0 Å². The second-order valence-electron chi connectivity index (χ2n) is 4.97. The lowest BCUT2D eigenvalue weighted by Crippen LogP contribution is -2.21. The molecule has 9 heteroatoms. The molecule has 0 aromatic rings. The molecule has 0 saturated heterocycles. The van der Waals surface area contributed by atoms with Crippen LogP contribution in [0.3, 0.4) is 0 Å². The van der Waals surface area contributed by atoms with Crippen molar-refractivity contribution in [3.8, 4) is 0 Å². The van der Waals surface area contributed by atoms with Crippen LogP contribution in [0.2, 0.25) is 0 Å². The van der Waals surface area contributed by atoms with E-state index in [1.54, 1.807) is 7.11 Å². The third-order valence-electron chi connectivity index (χ3n) is 2.81. The van der Waals surface area contributed by atoms with E-state index in [0.29, 0.717) is 79.3 Å². The second-order valence-corrected chi connectivity index (χ2v) is 4.97. The zero-order chi connectivity index (χ0) is 18.4. The third-order valence-corrected chi connectivity index (χ3v) is 2.81. The van der Waals surface area contributed by atoms with Crippen LogP contribution in [0.5, 0.6) is 0 Å². The van der Waals surface area contributed by atoms with Crippen molar-refractivity contribution in [1.29, 1.82) is 0 Å². The molecule has 0 spiro atoms. The summed E-state index contributed by atoms with van der Waals surface area (Å²) in [4.78, 5) is 0. The number of ether oxygens (including phenoxy) is 7. The summed E-state index contributed by atoms with van der Waals surface area (Å²) < 4.78 is 36.5. The Morgan fingerprint density at radius 1 is 0.560 bits per heavy atom. The van der Waals surface area contributed by atoms with Gasteiger partial charge in [-0.25, -0.2) is 0 Å². The molecule has 0 aromatic carbocycles. The number of aliphatic hydroxyl groups is 2. The molecule has 0 amide bonds. The molecule has 1 unspecified atom stereocenters. The minimum Gasteiger partial charge on any atom is -0.394 e. The van der Waals surface area contributed by atoms with Crippen molar-refractivity contribution in [2.45, 2.75) is 6.10 Å². The highest BCUT2D eigenvalue weighted by Gasteiger charge is 2.00. The van der Waals surface area contributed by atoms with Gasteiger partial charge in [-0.1, -0.05) is 0 Å². The van der Waals surface area contributed by atoms with Gasteiger partial charge in [0.05, 0.1) is 92.5 Å². The molecular formula is C16H34O9. The molecule has 0 heterocycles. The molecule has 0 rings (SSSR count). The number of hydrogen-bond acceptors (Lipinski definition) is 9. The first-order chi connectivity index (χ1) is 12.3. The predicted molar refractivity (Wildman–Crippen MR) is 89.9 cm³/mol. The first-order valence-electron chi connectivity index (χ1n) is 8.55. The molecule has 0 fully saturated rings. The molecule has 2 N–H and O–H groups in total. The molecule has 152 valence electrons. The Bertz CT molecular complexity index is 244. The molecule has 9 nitrogen and oxygen atoms in total. The van der Waals surface area contributed by atoms with Crippen molar-refractivity contribution in [2.24, 2.45) is 0 Å². The largest absolute Gasteiger partial charge is 0.394 e. The zero-order valence-electron chi connectivity index (χ0n) is 15.2. The van der Waals surface area contributed by atoms with Crippen LogP contribution in [0.25, 0.3) is 0 Å². The van der Waals surface area contributed by atoms with Gasteiger partial charge in [-0.05, 0) is 0 Å².